The van der Waals surface area contributed by atoms with Crippen LogP contribution < -0.4 is 0 Å². The summed E-state index contributed by atoms with van der Waals surface area (Å²) in [4.78, 5) is 12.5. The summed E-state index contributed by atoms with van der Waals surface area (Å²) in [5.41, 5.74) is -0.819. The number of aliphatic hydroxyl groups excluding tert-OH is 1. The molecule has 0 radical (unpaired) electrons. The molecule has 21 heavy (non-hydrogen) atoms. The summed E-state index contributed by atoms with van der Waals surface area (Å²) in [6, 6.07) is 0. The van der Waals surface area contributed by atoms with E-state index in [1.807, 2.05) is 0 Å². The summed E-state index contributed by atoms with van der Waals surface area (Å²) >= 11 is 0. The minimum absolute atomic E-state index is 0.122. The van der Waals surface area contributed by atoms with Crippen LogP contribution in [-0.4, -0.2) is 17.0 Å². The van der Waals surface area contributed by atoms with Gasteiger partial charge in [0.25, 0.3) is 0 Å². The fourth-order valence-electron chi connectivity index (χ4n) is 6.62. The maximum absolute atomic E-state index is 12.5. The SMILES string of the molecule is [2H]C([2H])([2H])[C@@]12CC[C@H](O)C[C@@H]1CC[C@H]1[C@H]2CC[C@@]2(C)C(=O)CC[C@H]12. The van der Waals surface area contributed by atoms with Gasteiger partial charge in [-0.25, -0.2) is 0 Å². The average Bonchev–Trinajstić information content (AvgIpc) is 2.81. The van der Waals surface area contributed by atoms with Crippen LogP contribution in [0.15, 0.2) is 0 Å². The van der Waals surface area contributed by atoms with Crippen molar-refractivity contribution in [3.8, 4) is 0 Å². The van der Waals surface area contributed by atoms with Gasteiger partial charge in [0.2, 0.25) is 0 Å². The number of Topliss-reactive ketones (excluding diaryl/α,β-unsaturated/α-hetero) is 1. The standard InChI is InChI=1S/C19H30O2/c1-18-9-7-13(20)11-12(18)3-4-14-15-5-6-17(21)19(15,2)10-8-16(14)18/h12-16,20H,3-11H2,1-2H3/t12-,13-,14+,15+,16+,18+,19+/m0/s1/i1D3. The topological polar surface area (TPSA) is 37.3 Å². The third kappa shape index (κ3) is 1.84. The van der Waals surface area contributed by atoms with Crippen molar-refractivity contribution >= 4 is 5.78 Å². The van der Waals surface area contributed by atoms with Crippen molar-refractivity contribution in [1.29, 1.82) is 0 Å². The fourth-order valence-corrected chi connectivity index (χ4v) is 6.62. The number of hydrogen-bond donors (Lipinski definition) is 1. The molecule has 118 valence electrons. The molecule has 4 fully saturated rings. The van der Waals surface area contributed by atoms with Crippen molar-refractivity contribution in [3.63, 3.8) is 0 Å². The predicted molar refractivity (Wildman–Crippen MR) is 82.7 cm³/mol. The van der Waals surface area contributed by atoms with E-state index in [2.05, 4.69) is 6.92 Å². The van der Waals surface area contributed by atoms with E-state index in [0.29, 0.717) is 43.3 Å². The number of aliphatic hydroxyl groups is 1. The lowest BCUT2D eigenvalue weighted by molar-refractivity contribution is -0.142. The molecule has 4 aliphatic rings. The molecule has 0 aliphatic heterocycles. The maximum atomic E-state index is 12.5. The monoisotopic (exact) mass is 293 g/mol. The Labute approximate surface area is 132 Å². The first-order chi connectivity index (χ1) is 11.2. The van der Waals surface area contributed by atoms with Gasteiger partial charge in [0.1, 0.15) is 5.78 Å². The van der Waals surface area contributed by atoms with Gasteiger partial charge in [-0.05, 0) is 80.5 Å². The van der Waals surface area contributed by atoms with Crippen LogP contribution in [0.5, 0.6) is 0 Å². The van der Waals surface area contributed by atoms with E-state index in [1.54, 1.807) is 0 Å². The Morgan fingerprint density at radius 1 is 1.14 bits per heavy atom. The Morgan fingerprint density at radius 3 is 2.81 bits per heavy atom. The van der Waals surface area contributed by atoms with Crippen LogP contribution >= 0.6 is 0 Å². The summed E-state index contributed by atoms with van der Waals surface area (Å²) in [6.45, 7) is 0.180. The first kappa shape index (κ1) is 11.2. The van der Waals surface area contributed by atoms with Crippen LogP contribution in [0, 0.1) is 34.5 Å². The van der Waals surface area contributed by atoms with E-state index in [-0.39, 0.29) is 23.4 Å². The lowest BCUT2D eigenvalue weighted by Crippen LogP contribution is -2.54. The number of ketones is 1. The third-order valence-corrected chi connectivity index (χ3v) is 7.83. The highest BCUT2D eigenvalue weighted by Gasteiger charge is 2.60. The largest absolute Gasteiger partial charge is 0.393 e. The van der Waals surface area contributed by atoms with Gasteiger partial charge in [0.05, 0.1) is 6.10 Å². The highest BCUT2D eigenvalue weighted by molar-refractivity contribution is 5.87. The lowest BCUT2D eigenvalue weighted by Gasteiger charge is -2.60. The number of carbonyl (C=O) groups is 1. The van der Waals surface area contributed by atoms with Gasteiger partial charge < -0.3 is 5.11 Å². The molecule has 0 aromatic rings. The normalized spacial score (nSPS) is 59.2. The Bertz CT molecular complexity index is 545. The molecule has 0 aromatic carbocycles. The molecule has 0 aromatic heterocycles. The van der Waals surface area contributed by atoms with Gasteiger partial charge in [-0.2, -0.15) is 0 Å². The van der Waals surface area contributed by atoms with E-state index in [9.17, 15) is 9.90 Å². The molecule has 0 heterocycles. The number of rotatable bonds is 0. The Morgan fingerprint density at radius 2 is 2.00 bits per heavy atom. The second-order valence-electron chi connectivity index (χ2n) is 8.54. The Balaban J connectivity index is 1.73. The second kappa shape index (κ2) is 4.57. The van der Waals surface area contributed by atoms with E-state index >= 15 is 0 Å². The van der Waals surface area contributed by atoms with Crippen molar-refractivity contribution in [2.75, 3.05) is 0 Å². The van der Waals surface area contributed by atoms with Gasteiger partial charge in [-0.15, -0.1) is 0 Å². The second-order valence-corrected chi connectivity index (χ2v) is 8.54. The zero-order chi connectivity index (χ0) is 17.3. The Kier molecular flexibility index (Phi) is 2.44. The average molecular weight is 293 g/mol. The molecule has 1 N–H and O–H groups in total. The Hall–Kier alpha value is -0.370. The zero-order valence-electron chi connectivity index (χ0n) is 16.1. The van der Waals surface area contributed by atoms with Crippen molar-refractivity contribution in [2.45, 2.75) is 77.7 Å². The van der Waals surface area contributed by atoms with Crippen LogP contribution in [0.25, 0.3) is 0 Å². The van der Waals surface area contributed by atoms with Gasteiger partial charge in [0.15, 0.2) is 0 Å². The maximum Gasteiger partial charge on any atom is 0.139 e. The molecule has 0 unspecified atom stereocenters. The van der Waals surface area contributed by atoms with Crippen LogP contribution in [0.4, 0.5) is 0 Å². The zero-order valence-corrected chi connectivity index (χ0v) is 13.1. The summed E-state index contributed by atoms with van der Waals surface area (Å²) in [7, 11) is 0. The lowest BCUT2D eigenvalue weighted by atomic mass is 9.45. The number of carbonyl (C=O) groups excluding carboxylic acids is 1. The van der Waals surface area contributed by atoms with E-state index in [4.69, 9.17) is 4.11 Å². The minimum Gasteiger partial charge on any atom is -0.393 e. The predicted octanol–water partition coefficient (Wildman–Crippen LogP) is 3.96. The molecule has 7 atom stereocenters. The van der Waals surface area contributed by atoms with Crippen molar-refractivity contribution < 1.29 is 14.0 Å². The van der Waals surface area contributed by atoms with E-state index < -0.39 is 12.3 Å². The van der Waals surface area contributed by atoms with Crippen molar-refractivity contribution in [1.82, 2.24) is 0 Å². The molecule has 0 spiro atoms. The quantitative estimate of drug-likeness (QED) is 0.734. The molecule has 4 aliphatic carbocycles. The molecular formula is C19H30O2. The van der Waals surface area contributed by atoms with Gasteiger partial charge >= 0.3 is 0 Å². The molecule has 0 amide bonds. The van der Waals surface area contributed by atoms with E-state index in [0.717, 1.165) is 32.1 Å². The van der Waals surface area contributed by atoms with E-state index in [1.165, 1.54) is 0 Å². The highest BCUT2D eigenvalue weighted by atomic mass is 16.3. The van der Waals surface area contributed by atoms with Crippen molar-refractivity contribution in [3.05, 3.63) is 0 Å². The summed E-state index contributed by atoms with van der Waals surface area (Å²) in [6.07, 6.45) is 6.94. The summed E-state index contributed by atoms with van der Waals surface area (Å²) < 4.78 is 25.2. The highest BCUT2D eigenvalue weighted by Crippen LogP contribution is 2.65. The molecule has 4 saturated carbocycles. The first-order valence-electron chi connectivity index (χ1n) is 10.4. The minimum atomic E-state index is -1.96. The molecule has 2 heteroatoms. The van der Waals surface area contributed by atoms with Crippen LogP contribution in [-0.2, 0) is 4.79 Å². The first-order valence-corrected chi connectivity index (χ1v) is 8.91. The molecule has 0 saturated heterocycles. The van der Waals surface area contributed by atoms with Crippen LogP contribution in [0.1, 0.15) is 75.7 Å². The van der Waals surface area contributed by atoms with Crippen LogP contribution in [0.2, 0.25) is 0 Å². The fraction of sp³-hybridized carbons (Fsp3) is 0.947. The summed E-state index contributed by atoms with van der Waals surface area (Å²) in [5, 5.41) is 10.1. The van der Waals surface area contributed by atoms with Gasteiger partial charge in [-0.3, -0.25) is 4.79 Å². The molecular weight excluding hydrogens is 260 g/mol. The van der Waals surface area contributed by atoms with Gasteiger partial charge in [-0.1, -0.05) is 13.8 Å². The number of hydrogen-bond acceptors (Lipinski definition) is 2. The van der Waals surface area contributed by atoms with Crippen molar-refractivity contribution in [2.24, 2.45) is 34.5 Å². The molecule has 4 rings (SSSR count). The number of fused-ring (bicyclic) bond motifs is 5. The molecule has 0 bridgehead atoms. The smallest absolute Gasteiger partial charge is 0.139 e. The third-order valence-electron chi connectivity index (χ3n) is 7.83. The van der Waals surface area contributed by atoms with Gasteiger partial charge in [0, 0.05) is 15.9 Å². The summed E-state index contributed by atoms with van der Waals surface area (Å²) in [5.74, 6) is 1.52. The molecule has 2 nitrogen and oxygen atoms in total. The van der Waals surface area contributed by atoms with Crippen LogP contribution in [0.3, 0.4) is 0 Å².